The van der Waals surface area contributed by atoms with Gasteiger partial charge in [-0.15, -0.1) is 0 Å². The van der Waals surface area contributed by atoms with Crippen LogP contribution in [0.25, 0.3) is 11.5 Å². The van der Waals surface area contributed by atoms with Gasteiger partial charge in [0.1, 0.15) is 5.82 Å². The van der Waals surface area contributed by atoms with Crippen LogP contribution in [0.1, 0.15) is 41.0 Å². The molecular formula is C27H28N4O3. The first-order valence-corrected chi connectivity index (χ1v) is 11.6. The maximum absolute atomic E-state index is 13.4. The fourth-order valence-corrected chi connectivity index (χ4v) is 4.32. The number of fused-ring (bicyclic) bond motifs is 1. The average Bonchev–Trinajstić information content (AvgIpc) is 3.57. The highest BCUT2D eigenvalue weighted by molar-refractivity contribution is 5.95. The largest absolute Gasteiger partial charge is 0.490 e. The highest BCUT2D eigenvalue weighted by Gasteiger charge is 2.32. The highest BCUT2D eigenvalue weighted by atomic mass is 16.5. The monoisotopic (exact) mass is 456 g/mol. The predicted molar refractivity (Wildman–Crippen MR) is 130 cm³/mol. The zero-order valence-corrected chi connectivity index (χ0v) is 19.7. The van der Waals surface area contributed by atoms with Gasteiger partial charge in [0.25, 0.3) is 5.91 Å². The maximum atomic E-state index is 13.4. The minimum absolute atomic E-state index is 0.0534. The Morgan fingerprint density at radius 1 is 0.941 bits per heavy atom. The van der Waals surface area contributed by atoms with E-state index in [0.717, 1.165) is 22.8 Å². The number of aryl methyl sites for hydroxylation is 1. The molecule has 0 bridgehead atoms. The van der Waals surface area contributed by atoms with Crippen LogP contribution in [0.15, 0.2) is 67.0 Å². The third-order valence-corrected chi connectivity index (χ3v) is 5.93. The SMILES string of the molecule is CCOc1ccc(C(=O)N2Cc3nn(-c4ccc(C)cc4)c(-n4cccc4)c3C2)cc1OCC. The van der Waals surface area contributed by atoms with Gasteiger partial charge in [-0.3, -0.25) is 4.79 Å². The Morgan fingerprint density at radius 2 is 1.65 bits per heavy atom. The number of aromatic nitrogens is 3. The molecule has 5 rings (SSSR count). The Kier molecular flexibility index (Phi) is 5.84. The van der Waals surface area contributed by atoms with Crippen molar-refractivity contribution in [1.29, 1.82) is 0 Å². The average molecular weight is 457 g/mol. The van der Waals surface area contributed by atoms with Gasteiger partial charge in [0, 0.05) is 23.5 Å². The number of carbonyl (C=O) groups excluding carboxylic acids is 1. The first-order chi connectivity index (χ1) is 16.6. The summed E-state index contributed by atoms with van der Waals surface area (Å²) in [5, 5.41) is 4.92. The van der Waals surface area contributed by atoms with Gasteiger partial charge in [-0.25, -0.2) is 4.68 Å². The number of carbonyl (C=O) groups is 1. The molecule has 174 valence electrons. The van der Waals surface area contributed by atoms with Crippen molar-refractivity contribution in [2.75, 3.05) is 13.2 Å². The molecule has 1 amide bonds. The number of nitrogens with zero attached hydrogens (tertiary/aromatic N) is 4. The Labute approximate surface area is 199 Å². The van der Waals surface area contributed by atoms with Crippen LogP contribution in [0.5, 0.6) is 11.5 Å². The van der Waals surface area contributed by atoms with Crippen molar-refractivity contribution >= 4 is 5.91 Å². The summed E-state index contributed by atoms with van der Waals surface area (Å²) in [6.07, 6.45) is 4.01. The van der Waals surface area contributed by atoms with Crippen LogP contribution >= 0.6 is 0 Å². The van der Waals surface area contributed by atoms with Crippen LogP contribution in [0.2, 0.25) is 0 Å². The maximum Gasteiger partial charge on any atom is 0.254 e. The number of rotatable bonds is 7. The summed E-state index contributed by atoms with van der Waals surface area (Å²) in [6.45, 7) is 7.89. The van der Waals surface area contributed by atoms with Crippen molar-refractivity contribution in [2.24, 2.45) is 0 Å². The fourth-order valence-electron chi connectivity index (χ4n) is 4.32. The van der Waals surface area contributed by atoms with Gasteiger partial charge in [0.2, 0.25) is 0 Å². The Bertz CT molecular complexity index is 1310. The van der Waals surface area contributed by atoms with Crippen LogP contribution in [-0.2, 0) is 13.1 Å². The lowest BCUT2D eigenvalue weighted by atomic mass is 10.1. The molecule has 2 aromatic heterocycles. The van der Waals surface area contributed by atoms with Gasteiger partial charge in [-0.05, 0) is 63.2 Å². The molecule has 2 aromatic carbocycles. The summed E-state index contributed by atoms with van der Waals surface area (Å²) < 4.78 is 15.4. The molecule has 7 nitrogen and oxygen atoms in total. The van der Waals surface area contributed by atoms with Gasteiger partial charge in [0.15, 0.2) is 11.5 Å². The van der Waals surface area contributed by atoms with Crippen molar-refractivity contribution < 1.29 is 14.3 Å². The summed E-state index contributed by atoms with van der Waals surface area (Å²) in [7, 11) is 0. The second-order valence-corrected chi connectivity index (χ2v) is 8.28. The van der Waals surface area contributed by atoms with E-state index in [0.29, 0.717) is 43.4 Å². The fraction of sp³-hybridized carbons (Fsp3) is 0.259. The molecule has 0 fully saturated rings. The van der Waals surface area contributed by atoms with Crippen LogP contribution in [-0.4, -0.2) is 38.4 Å². The second kappa shape index (κ2) is 9.09. The Morgan fingerprint density at radius 3 is 2.35 bits per heavy atom. The minimum atomic E-state index is -0.0534. The molecule has 7 heteroatoms. The van der Waals surface area contributed by atoms with E-state index in [4.69, 9.17) is 14.6 Å². The molecule has 0 N–H and O–H groups in total. The first kappa shape index (κ1) is 21.8. The van der Waals surface area contributed by atoms with Crippen LogP contribution in [0.4, 0.5) is 0 Å². The Hall–Kier alpha value is -4.00. The predicted octanol–water partition coefficient (Wildman–Crippen LogP) is 4.92. The molecule has 0 radical (unpaired) electrons. The van der Waals surface area contributed by atoms with Crippen molar-refractivity contribution in [3.63, 3.8) is 0 Å². The molecule has 0 spiro atoms. The molecule has 34 heavy (non-hydrogen) atoms. The molecule has 1 aliphatic heterocycles. The number of benzene rings is 2. The number of ether oxygens (including phenoxy) is 2. The standard InChI is InChI=1S/C27H28N4O3/c1-4-33-24-13-10-20(16-25(24)34-5-2)27(32)30-17-22-23(18-30)28-31(21-11-8-19(3)9-12-21)26(22)29-14-6-7-15-29/h6-16H,4-5,17-18H2,1-3H3. The third kappa shape index (κ3) is 3.94. The van der Waals surface area contributed by atoms with Crippen LogP contribution in [0.3, 0.4) is 0 Å². The van der Waals surface area contributed by atoms with Gasteiger partial charge in [-0.2, -0.15) is 5.10 Å². The van der Waals surface area contributed by atoms with Crippen molar-refractivity contribution in [2.45, 2.75) is 33.9 Å². The zero-order valence-electron chi connectivity index (χ0n) is 19.7. The molecule has 3 heterocycles. The molecule has 0 saturated heterocycles. The zero-order chi connectivity index (χ0) is 23.7. The molecule has 1 aliphatic rings. The summed E-state index contributed by atoms with van der Waals surface area (Å²) >= 11 is 0. The molecule has 0 aliphatic carbocycles. The lowest BCUT2D eigenvalue weighted by molar-refractivity contribution is 0.0748. The topological polar surface area (TPSA) is 61.5 Å². The lowest BCUT2D eigenvalue weighted by Gasteiger charge is -2.19. The van der Waals surface area contributed by atoms with Gasteiger partial charge < -0.3 is 18.9 Å². The summed E-state index contributed by atoms with van der Waals surface area (Å²) in [6, 6.07) is 17.7. The smallest absolute Gasteiger partial charge is 0.254 e. The quantitative estimate of drug-likeness (QED) is 0.396. The first-order valence-electron chi connectivity index (χ1n) is 11.6. The van der Waals surface area contributed by atoms with Gasteiger partial charge >= 0.3 is 0 Å². The summed E-state index contributed by atoms with van der Waals surface area (Å²) in [4.78, 5) is 15.2. The van der Waals surface area contributed by atoms with E-state index in [1.807, 2.05) is 48.0 Å². The van der Waals surface area contributed by atoms with E-state index < -0.39 is 0 Å². The summed E-state index contributed by atoms with van der Waals surface area (Å²) in [5.74, 6) is 2.14. The molecule has 0 atom stereocenters. The van der Waals surface area contributed by atoms with Crippen LogP contribution in [0, 0.1) is 6.92 Å². The van der Waals surface area contributed by atoms with Crippen LogP contribution < -0.4 is 9.47 Å². The lowest BCUT2D eigenvalue weighted by Crippen LogP contribution is -2.26. The Balaban J connectivity index is 1.47. The van der Waals surface area contributed by atoms with E-state index in [2.05, 4.69) is 35.8 Å². The summed E-state index contributed by atoms with van der Waals surface area (Å²) in [5.41, 5.74) is 4.74. The number of hydrogen-bond donors (Lipinski definition) is 0. The second-order valence-electron chi connectivity index (χ2n) is 8.28. The molecule has 0 unspecified atom stereocenters. The van der Waals surface area contributed by atoms with E-state index in [1.54, 1.807) is 18.2 Å². The van der Waals surface area contributed by atoms with Gasteiger partial charge in [0.05, 0.1) is 37.7 Å². The molecular weight excluding hydrogens is 428 g/mol. The van der Waals surface area contributed by atoms with Crippen molar-refractivity contribution in [3.8, 4) is 23.0 Å². The molecule has 4 aromatic rings. The molecule has 0 saturated carbocycles. The normalized spacial score (nSPS) is 12.6. The van der Waals surface area contributed by atoms with Crippen molar-refractivity contribution in [3.05, 3.63) is 89.4 Å². The minimum Gasteiger partial charge on any atom is -0.490 e. The van der Waals surface area contributed by atoms with Crippen molar-refractivity contribution in [1.82, 2.24) is 19.2 Å². The number of amides is 1. The van der Waals surface area contributed by atoms with E-state index in [1.165, 1.54) is 5.56 Å². The third-order valence-electron chi connectivity index (χ3n) is 5.93. The number of hydrogen-bond acceptors (Lipinski definition) is 4. The van der Waals surface area contributed by atoms with Gasteiger partial charge in [-0.1, -0.05) is 17.7 Å². The highest BCUT2D eigenvalue weighted by Crippen LogP contribution is 2.33. The van der Waals surface area contributed by atoms with E-state index in [9.17, 15) is 4.79 Å². The van der Waals surface area contributed by atoms with E-state index in [-0.39, 0.29) is 5.91 Å². The van der Waals surface area contributed by atoms with E-state index >= 15 is 0 Å².